The van der Waals surface area contributed by atoms with Crippen LogP contribution in [0.1, 0.15) is 12.5 Å². The summed E-state index contributed by atoms with van der Waals surface area (Å²) in [5, 5.41) is 13.5. The molecular weight excluding hydrogens is 312 g/mol. The van der Waals surface area contributed by atoms with Crippen LogP contribution in [0.5, 0.6) is 11.5 Å². The van der Waals surface area contributed by atoms with Crippen molar-refractivity contribution in [3.63, 3.8) is 0 Å². The zero-order chi connectivity index (χ0) is 17.7. The lowest BCUT2D eigenvalue weighted by molar-refractivity contribution is -0.384. The molecule has 0 bridgehead atoms. The fourth-order valence-corrected chi connectivity index (χ4v) is 2.00. The second-order valence-electron chi connectivity index (χ2n) is 5.18. The van der Waals surface area contributed by atoms with Crippen LogP contribution in [0, 0.1) is 17.0 Å². The SMILES string of the molecule is COc1ccc(O[C@@H](C)C(=O)Nc2cc([N+](=O)[O-])ccc2C)cc1. The fraction of sp³-hybridized carbons (Fsp3) is 0.235. The molecule has 0 aliphatic carbocycles. The number of nitrogens with zero attached hydrogens (tertiary/aromatic N) is 1. The molecule has 1 atom stereocenters. The van der Waals surface area contributed by atoms with E-state index in [0.29, 0.717) is 17.2 Å². The number of non-ortho nitro benzene ring substituents is 1. The number of amides is 1. The third-order valence-electron chi connectivity index (χ3n) is 3.43. The van der Waals surface area contributed by atoms with E-state index in [1.54, 1.807) is 51.3 Å². The quantitative estimate of drug-likeness (QED) is 0.648. The molecule has 0 spiro atoms. The maximum absolute atomic E-state index is 12.2. The number of nitro groups is 1. The zero-order valence-corrected chi connectivity index (χ0v) is 13.6. The lowest BCUT2D eigenvalue weighted by atomic mass is 10.1. The number of hydrogen-bond acceptors (Lipinski definition) is 5. The van der Waals surface area contributed by atoms with Crippen molar-refractivity contribution < 1.29 is 19.2 Å². The highest BCUT2D eigenvalue weighted by Gasteiger charge is 2.17. The van der Waals surface area contributed by atoms with Gasteiger partial charge in [-0.15, -0.1) is 0 Å². The van der Waals surface area contributed by atoms with Crippen LogP contribution in [-0.4, -0.2) is 24.0 Å². The molecule has 0 fully saturated rings. The Morgan fingerprint density at radius 1 is 1.17 bits per heavy atom. The van der Waals surface area contributed by atoms with Gasteiger partial charge in [0.1, 0.15) is 11.5 Å². The number of carbonyl (C=O) groups excluding carboxylic acids is 1. The van der Waals surface area contributed by atoms with Crippen LogP contribution in [0.15, 0.2) is 42.5 Å². The van der Waals surface area contributed by atoms with Gasteiger partial charge in [-0.1, -0.05) is 6.07 Å². The van der Waals surface area contributed by atoms with E-state index in [4.69, 9.17) is 9.47 Å². The van der Waals surface area contributed by atoms with Crippen LogP contribution in [0.2, 0.25) is 0 Å². The molecule has 0 aliphatic heterocycles. The summed E-state index contributed by atoms with van der Waals surface area (Å²) in [5.41, 5.74) is 1.03. The summed E-state index contributed by atoms with van der Waals surface area (Å²) >= 11 is 0. The Labute approximate surface area is 139 Å². The van der Waals surface area contributed by atoms with Gasteiger partial charge in [0.25, 0.3) is 11.6 Å². The third-order valence-corrected chi connectivity index (χ3v) is 3.43. The molecule has 7 nitrogen and oxygen atoms in total. The van der Waals surface area contributed by atoms with Gasteiger partial charge < -0.3 is 14.8 Å². The molecule has 2 aromatic rings. The highest BCUT2D eigenvalue weighted by molar-refractivity contribution is 5.95. The summed E-state index contributed by atoms with van der Waals surface area (Å²) in [6, 6.07) is 11.1. The van der Waals surface area contributed by atoms with Crippen molar-refractivity contribution in [1.82, 2.24) is 0 Å². The molecular formula is C17H18N2O5. The number of carbonyl (C=O) groups is 1. The van der Waals surface area contributed by atoms with Gasteiger partial charge in [0.05, 0.1) is 17.7 Å². The van der Waals surface area contributed by atoms with Gasteiger partial charge >= 0.3 is 0 Å². The monoisotopic (exact) mass is 330 g/mol. The molecule has 24 heavy (non-hydrogen) atoms. The highest BCUT2D eigenvalue weighted by Crippen LogP contribution is 2.23. The molecule has 2 rings (SSSR count). The second-order valence-corrected chi connectivity index (χ2v) is 5.18. The highest BCUT2D eigenvalue weighted by atomic mass is 16.6. The van der Waals surface area contributed by atoms with Gasteiger partial charge in [-0.3, -0.25) is 14.9 Å². The van der Waals surface area contributed by atoms with Crippen molar-refractivity contribution in [2.75, 3.05) is 12.4 Å². The van der Waals surface area contributed by atoms with Crippen LogP contribution >= 0.6 is 0 Å². The summed E-state index contributed by atoms with van der Waals surface area (Å²) in [5.74, 6) is 0.815. The minimum Gasteiger partial charge on any atom is -0.497 e. The Hall–Kier alpha value is -3.09. The maximum atomic E-state index is 12.2. The van der Waals surface area contributed by atoms with E-state index in [2.05, 4.69) is 5.32 Å². The first-order valence-corrected chi connectivity index (χ1v) is 7.27. The number of nitrogens with one attached hydrogen (secondary N) is 1. The Bertz CT molecular complexity index is 743. The predicted octanol–water partition coefficient (Wildman–Crippen LogP) is 3.32. The molecule has 0 heterocycles. The van der Waals surface area contributed by atoms with Gasteiger partial charge in [0.2, 0.25) is 0 Å². The molecule has 0 unspecified atom stereocenters. The number of methoxy groups -OCH3 is 1. The Balaban J connectivity index is 2.05. The van der Waals surface area contributed by atoms with E-state index in [9.17, 15) is 14.9 Å². The van der Waals surface area contributed by atoms with E-state index in [1.807, 2.05) is 0 Å². The molecule has 0 aromatic heterocycles. The number of anilines is 1. The van der Waals surface area contributed by atoms with Crippen LogP contribution in [0.4, 0.5) is 11.4 Å². The zero-order valence-electron chi connectivity index (χ0n) is 13.6. The minimum atomic E-state index is -0.767. The summed E-state index contributed by atoms with van der Waals surface area (Å²) in [7, 11) is 1.56. The number of ether oxygens (including phenoxy) is 2. The van der Waals surface area contributed by atoms with E-state index in [-0.39, 0.29) is 5.69 Å². The normalized spacial score (nSPS) is 11.5. The molecule has 1 N–H and O–H groups in total. The summed E-state index contributed by atoms with van der Waals surface area (Å²) in [6.07, 6.45) is -0.767. The molecule has 0 saturated carbocycles. The van der Waals surface area contributed by atoms with E-state index in [1.165, 1.54) is 12.1 Å². The molecule has 1 amide bonds. The third kappa shape index (κ3) is 4.22. The Kier molecular flexibility index (Phi) is 5.36. The van der Waals surface area contributed by atoms with Crippen LogP contribution in [-0.2, 0) is 4.79 Å². The average Bonchev–Trinajstić information content (AvgIpc) is 2.57. The number of aryl methyl sites for hydroxylation is 1. The van der Waals surface area contributed by atoms with Crippen molar-refractivity contribution in [3.8, 4) is 11.5 Å². The van der Waals surface area contributed by atoms with Crippen LogP contribution in [0.25, 0.3) is 0 Å². The van der Waals surface area contributed by atoms with E-state index in [0.717, 1.165) is 5.56 Å². The molecule has 126 valence electrons. The summed E-state index contributed by atoms with van der Waals surface area (Å²) < 4.78 is 10.6. The van der Waals surface area contributed by atoms with Crippen molar-refractivity contribution in [2.24, 2.45) is 0 Å². The van der Waals surface area contributed by atoms with Crippen LogP contribution < -0.4 is 14.8 Å². The van der Waals surface area contributed by atoms with Gasteiger partial charge in [-0.2, -0.15) is 0 Å². The van der Waals surface area contributed by atoms with Crippen molar-refractivity contribution in [2.45, 2.75) is 20.0 Å². The van der Waals surface area contributed by atoms with Gasteiger partial charge in [-0.05, 0) is 43.7 Å². The molecule has 2 aromatic carbocycles. The number of nitro benzene ring substituents is 1. The van der Waals surface area contributed by atoms with Crippen molar-refractivity contribution in [3.05, 3.63) is 58.1 Å². The molecule has 0 saturated heterocycles. The first-order valence-electron chi connectivity index (χ1n) is 7.27. The van der Waals surface area contributed by atoms with Gasteiger partial charge in [0, 0.05) is 12.1 Å². The Morgan fingerprint density at radius 2 is 1.79 bits per heavy atom. The molecule has 7 heteroatoms. The minimum absolute atomic E-state index is 0.0837. The van der Waals surface area contributed by atoms with E-state index >= 15 is 0 Å². The number of hydrogen-bond donors (Lipinski definition) is 1. The first-order chi connectivity index (χ1) is 11.4. The predicted molar refractivity (Wildman–Crippen MR) is 89.5 cm³/mol. The average molecular weight is 330 g/mol. The topological polar surface area (TPSA) is 90.7 Å². The fourth-order valence-electron chi connectivity index (χ4n) is 2.00. The van der Waals surface area contributed by atoms with Gasteiger partial charge in [0.15, 0.2) is 6.10 Å². The molecule has 0 radical (unpaired) electrons. The maximum Gasteiger partial charge on any atom is 0.271 e. The Morgan fingerprint density at radius 3 is 2.38 bits per heavy atom. The largest absolute Gasteiger partial charge is 0.497 e. The smallest absolute Gasteiger partial charge is 0.271 e. The number of benzene rings is 2. The van der Waals surface area contributed by atoms with Crippen molar-refractivity contribution >= 4 is 17.3 Å². The van der Waals surface area contributed by atoms with Crippen LogP contribution in [0.3, 0.4) is 0 Å². The lowest BCUT2D eigenvalue weighted by Crippen LogP contribution is -2.30. The summed E-state index contributed by atoms with van der Waals surface area (Å²) in [6.45, 7) is 3.36. The molecule has 0 aliphatic rings. The second kappa shape index (κ2) is 7.45. The summed E-state index contributed by atoms with van der Waals surface area (Å²) in [4.78, 5) is 22.6. The van der Waals surface area contributed by atoms with Crippen molar-refractivity contribution in [1.29, 1.82) is 0 Å². The van der Waals surface area contributed by atoms with E-state index < -0.39 is 16.9 Å². The van der Waals surface area contributed by atoms with Gasteiger partial charge in [-0.25, -0.2) is 0 Å². The first kappa shape index (κ1) is 17.3. The number of rotatable bonds is 6. The standard InChI is InChI=1S/C17H18N2O5/c1-11-4-5-13(19(21)22)10-16(11)18-17(20)12(2)24-15-8-6-14(23-3)7-9-15/h4-10,12H,1-3H3,(H,18,20)/t12-/m0/s1. The lowest BCUT2D eigenvalue weighted by Gasteiger charge is -2.16.